The molecular formula is C11H11BrFNO2. The third-order valence-electron chi connectivity index (χ3n) is 2.20. The third kappa shape index (κ3) is 3.20. The van der Waals surface area contributed by atoms with Gasteiger partial charge in [-0.15, -0.1) is 0 Å². The maximum absolute atomic E-state index is 12.8. The molecule has 1 aliphatic carbocycles. The third-order valence-corrected chi connectivity index (χ3v) is 2.81. The Morgan fingerprint density at radius 1 is 1.56 bits per heavy atom. The monoisotopic (exact) mass is 287 g/mol. The topological polar surface area (TPSA) is 38.3 Å². The Hall–Kier alpha value is -1.10. The van der Waals surface area contributed by atoms with Crippen molar-refractivity contribution in [2.24, 2.45) is 0 Å². The molecule has 1 aliphatic rings. The van der Waals surface area contributed by atoms with E-state index in [0.29, 0.717) is 16.3 Å². The number of hydrogen-bond donors (Lipinski definition) is 1. The van der Waals surface area contributed by atoms with Crippen molar-refractivity contribution in [2.45, 2.75) is 18.9 Å². The molecule has 3 nitrogen and oxygen atoms in total. The van der Waals surface area contributed by atoms with E-state index in [4.69, 9.17) is 4.74 Å². The smallest absolute Gasteiger partial charge is 0.258 e. The van der Waals surface area contributed by atoms with Gasteiger partial charge < -0.3 is 10.1 Å². The summed E-state index contributed by atoms with van der Waals surface area (Å²) < 4.78 is 18.5. The fourth-order valence-electron chi connectivity index (χ4n) is 1.23. The Kier molecular flexibility index (Phi) is 3.43. The molecule has 1 saturated carbocycles. The molecule has 86 valence electrons. The molecule has 1 fully saturated rings. The molecule has 0 aliphatic heterocycles. The number of hydrogen-bond acceptors (Lipinski definition) is 2. The molecule has 0 bridgehead atoms. The van der Waals surface area contributed by atoms with Crippen molar-refractivity contribution in [3.8, 4) is 5.75 Å². The highest BCUT2D eigenvalue weighted by Crippen LogP contribution is 2.25. The Bertz CT molecular complexity index is 407. The molecule has 0 atom stereocenters. The summed E-state index contributed by atoms with van der Waals surface area (Å²) in [6, 6.07) is 4.41. The van der Waals surface area contributed by atoms with Crippen LogP contribution in [0.15, 0.2) is 22.7 Å². The molecule has 1 N–H and O–H groups in total. The van der Waals surface area contributed by atoms with Crippen LogP contribution in [0.2, 0.25) is 0 Å². The zero-order chi connectivity index (χ0) is 11.5. The average molecular weight is 288 g/mol. The minimum Gasteiger partial charge on any atom is -0.483 e. The standard InChI is InChI=1S/C11H11BrFNO2/c12-9-5-7(13)1-4-10(9)16-6-11(15)14-8-2-3-8/h1,4-5,8H,2-3,6H2,(H,14,15). The molecule has 0 aromatic heterocycles. The van der Waals surface area contributed by atoms with Gasteiger partial charge in [0.15, 0.2) is 6.61 Å². The molecule has 0 saturated heterocycles. The molecule has 1 aromatic rings. The van der Waals surface area contributed by atoms with Gasteiger partial charge in [0.05, 0.1) is 4.47 Å². The molecule has 0 spiro atoms. The van der Waals surface area contributed by atoms with E-state index in [1.807, 2.05) is 0 Å². The quantitative estimate of drug-likeness (QED) is 0.922. The first kappa shape index (κ1) is 11.4. The maximum atomic E-state index is 12.8. The fourth-order valence-corrected chi connectivity index (χ4v) is 1.70. The molecular weight excluding hydrogens is 277 g/mol. The Labute approximate surface area is 101 Å². The van der Waals surface area contributed by atoms with E-state index in [9.17, 15) is 9.18 Å². The Morgan fingerprint density at radius 3 is 2.94 bits per heavy atom. The van der Waals surface area contributed by atoms with Crippen molar-refractivity contribution >= 4 is 21.8 Å². The predicted octanol–water partition coefficient (Wildman–Crippen LogP) is 2.25. The molecule has 1 aromatic carbocycles. The maximum Gasteiger partial charge on any atom is 0.258 e. The molecule has 1 amide bonds. The van der Waals surface area contributed by atoms with Crippen molar-refractivity contribution < 1.29 is 13.9 Å². The van der Waals surface area contributed by atoms with Crippen LogP contribution in [0.1, 0.15) is 12.8 Å². The van der Waals surface area contributed by atoms with Crippen LogP contribution in [0.4, 0.5) is 4.39 Å². The molecule has 0 heterocycles. The largest absolute Gasteiger partial charge is 0.483 e. The van der Waals surface area contributed by atoms with Crippen LogP contribution in [0.5, 0.6) is 5.75 Å². The van der Waals surface area contributed by atoms with E-state index in [-0.39, 0.29) is 18.3 Å². The van der Waals surface area contributed by atoms with Gasteiger partial charge in [-0.25, -0.2) is 4.39 Å². The van der Waals surface area contributed by atoms with Gasteiger partial charge in [0, 0.05) is 6.04 Å². The summed E-state index contributed by atoms with van der Waals surface area (Å²) in [4.78, 5) is 11.3. The highest BCUT2D eigenvalue weighted by Gasteiger charge is 2.23. The second-order valence-electron chi connectivity index (χ2n) is 3.71. The van der Waals surface area contributed by atoms with E-state index >= 15 is 0 Å². The molecule has 16 heavy (non-hydrogen) atoms. The van der Waals surface area contributed by atoms with E-state index in [0.717, 1.165) is 12.8 Å². The first-order valence-electron chi connectivity index (χ1n) is 5.02. The summed E-state index contributed by atoms with van der Waals surface area (Å²) >= 11 is 3.16. The van der Waals surface area contributed by atoms with Crippen LogP contribution >= 0.6 is 15.9 Å². The van der Waals surface area contributed by atoms with Crippen LogP contribution in [-0.4, -0.2) is 18.6 Å². The van der Waals surface area contributed by atoms with Gasteiger partial charge in [0.2, 0.25) is 0 Å². The lowest BCUT2D eigenvalue weighted by atomic mass is 10.3. The Morgan fingerprint density at radius 2 is 2.31 bits per heavy atom. The number of nitrogens with one attached hydrogen (secondary N) is 1. The number of carbonyl (C=O) groups is 1. The first-order valence-corrected chi connectivity index (χ1v) is 5.81. The van der Waals surface area contributed by atoms with Crippen molar-refractivity contribution in [3.63, 3.8) is 0 Å². The normalized spacial score (nSPS) is 14.6. The average Bonchev–Trinajstić information content (AvgIpc) is 3.00. The van der Waals surface area contributed by atoms with Crippen molar-refractivity contribution in [2.75, 3.05) is 6.61 Å². The van der Waals surface area contributed by atoms with Crippen LogP contribution < -0.4 is 10.1 Å². The number of carbonyl (C=O) groups excluding carboxylic acids is 1. The zero-order valence-corrected chi connectivity index (χ0v) is 10.1. The molecule has 5 heteroatoms. The van der Waals surface area contributed by atoms with Gasteiger partial charge >= 0.3 is 0 Å². The second kappa shape index (κ2) is 4.82. The minimum atomic E-state index is -0.346. The summed E-state index contributed by atoms with van der Waals surface area (Å²) in [6.07, 6.45) is 2.10. The van der Waals surface area contributed by atoms with Gasteiger partial charge in [-0.05, 0) is 47.0 Å². The summed E-state index contributed by atoms with van der Waals surface area (Å²) in [6.45, 7) is -0.0409. The SMILES string of the molecule is O=C(COc1ccc(F)cc1Br)NC1CC1. The van der Waals surface area contributed by atoms with Gasteiger partial charge in [-0.3, -0.25) is 4.79 Å². The summed E-state index contributed by atoms with van der Waals surface area (Å²) in [5.41, 5.74) is 0. The summed E-state index contributed by atoms with van der Waals surface area (Å²) in [7, 11) is 0. The number of benzene rings is 1. The lowest BCUT2D eigenvalue weighted by molar-refractivity contribution is -0.123. The molecule has 0 unspecified atom stereocenters. The van der Waals surface area contributed by atoms with E-state index in [1.54, 1.807) is 0 Å². The highest BCUT2D eigenvalue weighted by atomic mass is 79.9. The molecule has 0 radical (unpaired) electrons. The summed E-state index contributed by atoms with van der Waals surface area (Å²) in [5, 5.41) is 2.80. The van der Waals surface area contributed by atoms with E-state index in [2.05, 4.69) is 21.2 Å². The van der Waals surface area contributed by atoms with Crippen LogP contribution in [0, 0.1) is 5.82 Å². The minimum absolute atomic E-state index is 0.0409. The predicted molar refractivity (Wildman–Crippen MR) is 60.8 cm³/mol. The number of rotatable bonds is 4. The highest BCUT2D eigenvalue weighted by molar-refractivity contribution is 9.10. The Balaban J connectivity index is 1.85. The number of amides is 1. The zero-order valence-electron chi connectivity index (χ0n) is 8.50. The van der Waals surface area contributed by atoms with Gasteiger partial charge in [0.25, 0.3) is 5.91 Å². The van der Waals surface area contributed by atoms with Gasteiger partial charge in [-0.1, -0.05) is 0 Å². The number of ether oxygens (including phenoxy) is 1. The fraction of sp³-hybridized carbons (Fsp3) is 0.364. The van der Waals surface area contributed by atoms with Crippen molar-refractivity contribution in [1.29, 1.82) is 0 Å². The van der Waals surface area contributed by atoms with Gasteiger partial charge in [-0.2, -0.15) is 0 Å². The van der Waals surface area contributed by atoms with Crippen LogP contribution in [0.25, 0.3) is 0 Å². The van der Waals surface area contributed by atoms with Gasteiger partial charge in [0.1, 0.15) is 11.6 Å². The lowest BCUT2D eigenvalue weighted by Gasteiger charge is -2.08. The second-order valence-corrected chi connectivity index (χ2v) is 4.56. The lowest BCUT2D eigenvalue weighted by Crippen LogP contribution is -2.30. The number of halogens is 2. The first-order chi connectivity index (χ1) is 7.65. The summed E-state index contributed by atoms with van der Waals surface area (Å²) in [5.74, 6) is -0.0206. The molecule has 2 rings (SSSR count). The van der Waals surface area contributed by atoms with Crippen molar-refractivity contribution in [3.05, 3.63) is 28.5 Å². The van der Waals surface area contributed by atoms with E-state index in [1.165, 1.54) is 18.2 Å². The van der Waals surface area contributed by atoms with Crippen LogP contribution in [-0.2, 0) is 4.79 Å². The van der Waals surface area contributed by atoms with Crippen LogP contribution in [0.3, 0.4) is 0 Å². The van der Waals surface area contributed by atoms with E-state index < -0.39 is 0 Å². The van der Waals surface area contributed by atoms with Crippen molar-refractivity contribution in [1.82, 2.24) is 5.32 Å².